The molecule has 0 spiro atoms. The van der Waals surface area contributed by atoms with Crippen LogP contribution >= 0.6 is 0 Å². The van der Waals surface area contributed by atoms with Crippen LogP contribution in [0.4, 0.5) is 4.39 Å². The average Bonchev–Trinajstić information content (AvgIpc) is 2.22. The van der Waals surface area contributed by atoms with E-state index in [4.69, 9.17) is 9.60 Å². The molecule has 10 heavy (non-hydrogen) atoms. The van der Waals surface area contributed by atoms with Gasteiger partial charge < -0.3 is 0 Å². The lowest BCUT2D eigenvalue weighted by atomic mass is 10.1. The molecule has 0 radical (unpaired) electrons. The van der Waals surface area contributed by atoms with Crippen LogP contribution in [-0.4, -0.2) is 5.78 Å². The normalized spacial score (nSPS) is 20.7. The van der Waals surface area contributed by atoms with Gasteiger partial charge in [-0.05, 0) is 18.9 Å². The van der Waals surface area contributed by atoms with Crippen LogP contribution in [0.25, 0.3) is 0 Å². The van der Waals surface area contributed by atoms with Gasteiger partial charge in [0.2, 0.25) is 0 Å². The molecule has 2 heteroatoms. The third kappa shape index (κ3) is 1.21. The Labute approximate surface area is 68.3 Å². The van der Waals surface area contributed by atoms with Crippen LogP contribution in [0.2, 0.25) is 0 Å². The van der Waals surface area contributed by atoms with E-state index in [0.29, 0.717) is 0 Å². The number of hydrogen-bond donors (Lipinski definition) is 0. The molecule has 0 aliphatic carbocycles. The second-order valence-electron chi connectivity index (χ2n) is 1.52. The first-order valence-electron chi connectivity index (χ1n) is 5.89. The van der Waals surface area contributed by atoms with Gasteiger partial charge in [-0.2, -0.15) is 0 Å². The molecule has 0 heterocycles. The molecule has 1 nitrogen and oxygen atoms in total. The Morgan fingerprint density at radius 1 is 1.70 bits per heavy atom. The molecule has 0 atom stereocenters. The fourth-order valence-corrected chi connectivity index (χ4v) is 0.454. The summed E-state index contributed by atoms with van der Waals surface area (Å²) in [6.07, 6.45) is 0. The van der Waals surface area contributed by atoms with E-state index in [1.807, 2.05) is 0 Å². The lowest BCUT2D eigenvalue weighted by Gasteiger charge is -1.94. The summed E-state index contributed by atoms with van der Waals surface area (Å²) in [7, 11) is 0. The highest BCUT2D eigenvalue weighted by atomic mass is 19.1. The number of Topliss-reactive ketones (excluding diaryl/α,β-unsaturated/α-hetero) is 1. The summed E-state index contributed by atoms with van der Waals surface area (Å²) in [5.74, 6) is -3.18. The number of carbonyl (C=O) groups excluding carboxylic acids is 1. The fraction of sp³-hybridized carbons (Fsp3) is 0.125. The van der Waals surface area contributed by atoms with Crippen molar-refractivity contribution in [3.05, 3.63) is 35.6 Å². The molecule has 1 rings (SSSR count). The molecule has 0 fully saturated rings. The van der Waals surface area contributed by atoms with Crippen molar-refractivity contribution in [1.82, 2.24) is 0 Å². The standard InChI is InChI=1S/C8H7FO/c1-6(10)7-4-2-3-5-8(7)9/h2-5H,1H3/i1D3,2D,3D,4D,5D. The summed E-state index contributed by atoms with van der Waals surface area (Å²) in [5, 5.41) is 0. The summed E-state index contributed by atoms with van der Waals surface area (Å²) in [6, 6.07) is -3.73. The summed E-state index contributed by atoms with van der Waals surface area (Å²) in [6.45, 7) is -3.15. The third-order valence-corrected chi connectivity index (χ3v) is 0.869. The van der Waals surface area contributed by atoms with Crippen molar-refractivity contribution in [2.75, 3.05) is 0 Å². The van der Waals surface area contributed by atoms with E-state index in [1.165, 1.54) is 0 Å². The maximum absolute atomic E-state index is 13.5. The zero-order chi connectivity index (χ0) is 13.5. The highest BCUT2D eigenvalue weighted by Crippen LogP contribution is 2.05. The van der Waals surface area contributed by atoms with E-state index in [9.17, 15) is 9.18 Å². The number of carbonyl (C=O) groups is 1. The minimum atomic E-state index is -3.15. The molecular weight excluding hydrogens is 131 g/mol. The molecule has 0 saturated heterocycles. The molecule has 1 aromatic carbocycles. The van der Waals surface area contributed by atoms with Gasteiger partial charge in [0.25, 0.3) is 0 Å². The molecule has 0 bridgehead atoms. The molecule has 0 amide bonds. The second-order valence-corrected chi connectivity index (χ2v) is 1.52. The monoisotopic (exact) mass is 145 g/mol. The van der Waals surface area contributed by atoms with E-state index in [0.717, 1.165) is 0 Å². The van der Waals surface area contributed by atoms with Gasteiger partial charge in [0.05, 0.1) is 11.0 Å². The first kappa shape index (κ1) is 2.16. The third-order valence-electron chi connectivity index (χ3n) is 0.869. The van der Waals surface area contributed by atoms with Gasteiger partial charge in [0, 0.05) is 4.11 Å². The van der Waals surface area contributed by atoms with Crippen molar-refractivity contribution in [2.45, 2.75) is 6.85 Å². The number of halogens is 1. The molecule has 0 aliphatic rings. The van der Waals surface area contributed by atoms with Crippen LogP contribution in [0.1, 0.15) is 26.8 Å². The predicted octanol–water partition coefficient (Wildman–Crippen LogP) is 2.03. The number of ketones is 1. The van der Waals surface area contributed by atoms with E-state index >= 15 is 0 Å². The maximum Gasteiger partial charge on any atom is 0.162 e. The first-order valence-corrected chi connectivity index (χ1v) is 2.39. The summed E-state index contributed by atoms with van der Waals surface area (Å²) < 4.78 is 62.7. The quantitative estimate of drug-likeness (QED) is 0.552. The Morgan fingerprint density at radius 2 is 2.40 bits per heavy atom. The van der Waals surface area contributed by atoms with Crippen molar-refractivity contribution in [3.63, 3.8) is 0 Å². The van der Waals surface area contributed by atoms with Crippen molar-refractivity contribution in [1.29, 1.82) is 0 Å². The molecule has 0 aliphatic heterocycles. The Kier molecular flexibility index (Phi) is 0.561. The zero-order valence-electron chi connectivity index (χ0n) is 11.8. The lowest BCUT2D eigenvalue weighted by molar-refractivity contribution is 0.101. The Morgan fingerprint density at radius 3 is 3.10 bits per heavy atom. The Bertz CT molecular complexity index is 465. The van der Waals surface area contributed by atoms with Gasteiger partial charge in [-0.1, -0.05) is 12.1 Å². The van der Waals surface area contributed by atoms with E-state index in [1.54, 1.807) is 0 Å². The second kappa shape index (κ2) is 2.60. The van der Waals surface area contributed by atoms with Gasteiger partial charge in [0.15, 0.2) is 5.78 Å². The summed E-state index contributed by atoms with van der Waals surface area (Å²) >= 11 is 0. The molecule has 0 unspecified atom stereocenters. The SMILES string of the molecule is [2H]c1c([2H])c([2H])c(C(=O)C([2H])([2H])[2H])c(F)c1[2H]. The molecule has 0 aromatic heterocycles. The minimum Gasteiger partial charge on any atom is -0.294 e. The van der Waals surface area contributed by atoms with Crippen molar-refractivity contribution in [3.8, 4) is 0 Å². The van der Waals surface area contributed by atoms with Gasteiger partial charge in [-0.25, -0.2) is 4.39 Å². The summed E-state index contributed by atoms with van der Waals surface area (Å²) in [5.41, 5.74) is -1.13. The van der Waals surface area contributed by atoms with Crippen LogP contribution in [0, 0.1) is 5.82 Å². The van der Waals surface area contributed by atoms with Crippen molar-refractivity contribution in [2.24, 2.45) is 0 Å². The van der Waals surface area contributed by atoms with Gasteiger partial charge in [0.1, 0.15) is 5.82 Å². The van der Waals surface area contributed by atoms with Crippen molar-refractivity contribution < 1.29 is 18.8 Å². The zero-order valence-corrected chi connectivity index (χ0v) is 4.79. The van der Waals surface area contributed by atoms with Gasteiger partial charge in [-0.15, -0.1) is 0 Å². The van der Waals surface area contributed by atoms with Gasteiger partial charge >= 0.3 is 0 Å². The maximum atomic E-state index is 13.5. The lowest BCUT2D eigenvalue weighted by Crippen LogP contribution is -1.94. The fourth-order valence-electron chi connectivity index (χ4n) is 0.454. The topological polar surface area (TPSA) is 17.1 Å². The number of benzene rings is 1. The molecule has 0 saturated carbocycles. The van der Waals surface area contributed by atoms with E-state index in [2.05, 4.69) is 0 Å². The number of hydrogen-bond acceptors (Lipinski definition) is 1. The van der Waals surface area contributed by atoms with Crippen LogP contribution < -0.4 is 0 Å². The van der Waals surface area contributed by atoms with Crippen LogP contribution in [0.15, 0.2) is 24.2 Å². The minimum absolute atomic E-state index is 0.844. The number of rotatable bonds is 1. The molecular formula is C8H7FO. The van der Waals surface area contributed by atoms with Crippen LogP contribution in [-0.2, 0) is 0 Å². The van der Waals surface area contributed by atoms with Crippen LogP contribution in [0.3, 0.4) is 0 Å². The summed E-state index contributed by atoms with van der Waals surface area (Å²) in [4.78, 5) is 11.4. The predicted molar refractivity (Wildman–Crippen MR) is 36.4 cm³/mol. The molecule has 52 valence electrons. The molecule has 0 N–H and O–H groups in total. The van der Waals surface area contributed by atoms with E-state index in [-0.39, 0.29) is 0 Å². The smallest absolute Gasteiger partial charge is 0.162 e. The largest absolute Gasteiger partial charge is 0.294 e. The molecule has 1 aromatic rings. The first-order chi connectivity index (χ1) is 7.59. The van der Waals surface area contributed by atoms with E-state index < -0.39 is 48.2 Å². The van der Waals surface area contributed by atoms with Gasteiger partial charge in [-0.3, -0.25) is 4.79 Å². The van der Waals surface area contributed by atoms with Crippen molar-refractivity contribution >= 4 is 5.78 Å². The Balaban J connectivity index is 3.62. The van der Waals surface area contributed by atoms with Crippen LogP contribution in [0.5, 0.6) is 0 Å². The Hall–Kier alpha value is -1.18. The average molecular weight is 145 g/mol. The highest BCUT2D eigenvalue weighted by Gasteiger charge is 2.03. The highest BCUT2D eigenvalue weighted by molar-refractivity contribution is 5.94.